The quantitative estimate of drug-likeness (QED) is 0.504. The largest absolute Gasteiger partial charge is 0.459 e. The Kier molecular flexibility index (Phi) is 6.41. The Labute approximate surface area is 193 Å². The summed E-state index contributed by atoms with van der Waals surface area (Å²) in [5, 5.41) is 11.1. The average molecular weight is 448 g/mol. The molecule has 2 aliphatic heterocycles. The van der Waals surface area contributed by atoms with Gasteiger partial charge in [0, 0.05) is 51.9 Å². The van der Waals surface area contributed by atoms with E-state index in [1.54, 1.807) is 11.0 Å². The van der Waals surface area contributed by atoms with Crippen LogP contribution >= 0.6 is 0 Å². The zero-order valence-corrected chi connectivity index (χ0v) is 18.9. The Morgan fingerprint density at radius 2 is 1.73 bits per heavy atom. The van der Waals surface area contributed by atoms with Crippen LogP contribution in [-0.4, -0.2) is 86.3 Å². The van der Waals surface area contributed by atoms with Gasteiger partial charge >= 0.3 is 5.97 Å². The molecule has 33 heavy (non-hydrogen) atoms. The number of nitrogens with zero attached hydrogens (tertiary/aromatic N) is 7. The number of benzene rings is 1. The smallest absolute Gasteiger partial charge is 0.338 e. The third-order valence-corrected chi connectivity index (χ3v) is 6.50. The van der Waals surface area contributed by atoms with Crippen LogP contribution in [0.3, 0.4) is 0 Å². The number of aromatic nitrogens is 5. The topological polar surface area (TPSA) is 89.3 Å². The Morgan fingerprint density at radius 3 is 2.39 bits per heavy atom. The second-order valence-corrected chi connectivity index (χ2v) is 8.87. The highest BCUT2D eigenvalue weighted by molar-refractivity contribution is 5.92. The molecule has 9 heteroatoms. The van der Waals surface area contributed by atoms with Gasteiger partial charge in [-0.15, -0.1) is 5.10 Å². The molecule has 1 fully saturated rings. The van der Waals surface area contributed by atoms with E-state index in [0.29, 0.717) is 0 Å². The van der Waals surface area contributed by atoms with Crippen molar-refractivity contribution >= 4 is 5.97 Å². The van der Waals surface area contributed by atoms with Gasteiger partial charge in [0.1, 0.15) is 12.4 Å². The standard InChI is InChI=1S/C24H29N7O2/c1-18-14-21-15-19(2-4-22(21)24(32)33-18)6-8-29-10-12-30(13-11-29)9-7-20-3-5-23(25-16-20)31-17-26-27-28-31/h2-5,15-18H,6-14H2,1H3/t18-/m1/s1. The van der Waals surface area contributed by atoms with Gasteiger partial charge in [-0.1, -0.05) is 18.2 Å². The van der Waals surface area contributed by atoms with E-state index in [9.17, 15) is 4.79 Å². The van der Waals surface area contributed by atoms with Crippen molar-refractivity contribution in [3.05, 3.63) is 65.1 Å². The van der Waals surface area contributed by atoms with E-state index in [4.69, 9.17) is 4.74 Å². The lowest BCUT2D eigenvalue weighted by Crippen LogP contribution is -2.47. The van der Waals surface area contributed by atoms with Gasteiger partial charge in [0.15, 0.2) is 5.82 Å². The van der Waals surface area contributed by atoms with Crippen LogP contribution in [0, 0.1) is 0 Å². The molecule has 0 bridgehead atoms. The number of esters is 1. The maximum Gasteiger partial charge on any atom is 0.338 e. The summed E-state index contributed by atoms with van der Waals surface area (Å²) in [6.45, 7) is 8.40. The first-order valence-corrected chi connectivity index (χ1v) is 11.6. The summed E-state index contributed by atoms with van der Waals surface area (Å²) in [4.78, 5) is 21.5. The third kappa shape index (κ3) is 5.26. The summed E-state index contributed by atoms with van der Waals surface area (Å²) >= 11 is 0. The molecule has 0 unspecified atom stereocenters. The summed E-state index contributed by atoms with van der Waals surface area (Å²) in [5.74, 6) is 0.538. The van der Waals surface area contributed by atoms with Gasteiger partial charge in [-0.2, -0.15) is 4.68 Å². The van der Waals surface area contributed by atoms with Gasteiger partial charge in [-0.05, 0) is 59.0 Å². The number of hydrogen-bond donors (Lipinski definition) is 0. The minimum absolute atomic E-state index is 0.0342. The predicted molar refractivity (Wildman–Crippen MR) is 122 cm³/mol. The number of hydrogen-bond acceptors (Lipinski definition) is 8. The summed E-state index contributed by atoms with van der Waals surface area (Å²) in [7, 11) is 0. The predicted octanol–water partition coefficient (Wildman–Crippen LogP) is 1.56. The van der Waals surface area contributed by atoms with Crippen LogP contribution in [0.2, 0.25) is 0 Å². The Bertz CT molecular complexity index is 1080. The van der Waals surface area contributed by atoms with Crippen molar-refractivity contribution in [2.24, 2.45) is 0 Å². The first-order valence-electron chi connectivity index (χ1n) is 11.6. The molecule has 2 aromatic heterocycles. The lowest BCUT2D eigenvalue weighted by molar-refractivity contribution is 0.0301. The van der Waals surface area contributed by atoms with Gasteiger partial charge in [0.2, 0.25) is 0 Å². The van der Waals surface area contributed by atoms with Crippen LogP contribution < -0.4 is 0 Å². The number of carbonyl (C=O) groups is 1. The van der Waals surface area contributed by atoms with Crippen LogP contribution in [-0.2, 0) is 24.0 Å². The Morgan fingerprint density at radius 1 is 1.00 bits per heavy atom. The van der Waals surface area contributed by atoms with Crippen LogP contribution in [0.15, 0.2) is 42.9 Å². The molecule has 0 spiro atoms. The molecule has 1 saturated heterocycles. The average Bonchev–Trinajstić information content (AvgIpc) is 3.37. The molecule has 3 aromatic rings. The molecule has 0 amide bonds. The number of tetrazole rings is 1. The van der Waals surface area contributed by atoms with E-state index >= 15 is 0 Å². The fourth-order valence-corrected chi connectivity index (χ4v) is 4.55. The first-order chi connectivity index (χ1) is 16.1. The molecular formula is C24H29N7O2. The molecule has 0 radical (unpaired) electrons. The van der Waals surface area contributed by atoms with Crippen molar-refractivity contribution in [2.45, 2.75) is 32.3 Å². The van der Waals surface area contributed by atoms with Crippen LogP contribution in [0.5, 0.6) is 0 Å². The molecule has 1 atom stereocenters. The summed E-state index contributed by atoms with van der Waals surface area (Å²) in [6.07, 6.45) is 6.22. The van der Waals surface area contributed by atoms with Crippen molar-refractivity contribution in [1.29, 1.82) is 0 Å². The zero-order chi connectivity index (χ0) is 22.6. The molecule has 0 saturated carbocycles. The van der Waals surface area contributed by atoms with E-state index in [1.807, 2.05) is 25.3 Å². The summed E-state index contributed by atoms with van der Waals surface area (Å²) in [5.41, 5.74) is 4.38. The SMILES string of the molecule is C[C@@H]1Cc2cc(CCN3CCN(CCc4ccc(-n5cnnn5)nc4)CC3)ccc2C(=O)O1. The Hall–Kier alpha value is -3.17. The highest BCUT2D eigenvalue weighted by atomic mass is 16.5. The van der Waals surface area contributed by atoms with Gasteiger partial charge < -0.3 is 14.5 Å². The first kappa shape index (κ1) is 21.7. The summed E-state index contributed by atoms with van der Waals surface area (Å²) in [6, 6.07) is 10.3. The third-order valence-electron chi connectivity index (χ3n) is 6.50. The van der Waals surface area contributed by atoms with E-state index in [2.05, 4.69) is 48.5 Å². The number of carbonyl (C=O) groups excluding carboxylic acids is 1. The highest BCUT2D eigenvalue weighted by Gasteiger charge is 2.23. The second-order valence-electron chi connectivity index (χ2n) is 8.87. The second kappa shape index (κ2) is 9.76. The number of fused-ring (bicyclic) bond motifs is 1. The number of piperazine rings is 1. The maximum absolute atomic E-state index is 12.0. The van der Waals surface area contributed by atoms with Crippen LogP contribution in [0.25, 0.3) is 5.82 Å². The fourth-order valence-electron chi connectivity index (χ4n) is 4.55. The number of pyridine rings is 1. The minimum Gasteiger partial charge on any atom is -0.459 e. The van der Waals surface area contributed by atoms with Gasteiger partial charge in [-0.25, -0.2) is 9.78 Å². The molecule has 0 N–H and O–H groups in total. The molecule has 0 aliphatic carbocycles. The zero-order valence-electron chi connectivity index (χ0n) is 18.9. The molecule has 4 heterocycles. The summed E-state index contributed by atoms with van der Waals surface area (Å²) < 4.78 is 6.88. The fraction of sp³-hybridized carbons (Fsp3) is 0.458. The van der Waals surface area contributed by atoms with E-state index < -0.39 is 0 Å². The van der Waals surface area contributed by atoms with Crippen molar-refractivity contribution < 1.29 is 9.53 Å². The van der Waals surface area contributed by atoms with Crippen LogP contribution in [0.1, 0.15) is 34.0 Å². The van der Waals surface area contributed by atoms with Crippen molar-refractivity contribution in [1.82, 2.24) is 35.0 Å². The van der Waals surface area contributed by atoms with E-state index in [1.165, 1.54) is 11.1 Å². The number of cyclic esters (lactones) is 1. The monoisotopic (exact) mass is 447 g/mol. The van der Waals surface area contributed by atoms with Crippen molar-refractivity contribution in [3.8, 4) is 5.82 Å². The normalized spacial score (nSPS) is 19.3. The molecule has 5 rings (SSSR count). The highest BCUT2D eigenvalue weighted by Crippen LogP contribution is 2.22. The molecule has 9 nitrogen and oxygen atoms in total. The Balaban J connectivity index is 1.05. The minimum atomic E-state index is -0.189. The van der Waals surface area contributed by atoms with Crippen molar-refractivity contribution in [3.63, 3.8) is 0 Å². The van der Waals surface area contributed by atoms with Gasteiger partial charge in [0.05, 0.1) is 5.56 Å². The molecule has 172 valence electrons. The van der Waals surface area contributed by atoms with Crippen molar-refractivity contribution in [2.75, 3.05) is 39.3 Å². The molecule has 2 aliphatic rings. The van der Waals surface area contributed by atoms with Crippen LogP contribution in [0.4, 0.5) is 0 Å². The van der Waals surface area contributed by atoms with Gasteiger partial charge in [-0.3, -0.25) is 0 Å². The molecular weight excluding hydrogens is 418 g/mol. The number of rotatable bonds is 7. The maximum atomic E-state index is 12.0. The molecule has 1 aromatic carbocycles. The lowest BCUT2D eigenvalue weighted by Gasteiger charge is -2.34. The lowest BCUT2D eigenvalue weighted by atomic mass is 9.96. The van der Waals surface area contributed by atoms with Gasteiger partial charge in [0.25, 0.3) is 0 Å². The number of ether oxygens (including phenoxy) is 1. The van der Waals surface area contributed by atoms with E-state index in [0.717, 1.165) is 75.5 Å². The van der Waals surface area contributed by atoms with E-state index in [-0.39, 0.29) is 12.1 Å².